The summed E-state index contributed by atoms with van der Waals surface area (Å²) >= 11 is 0. The lowest BCUT2D eigenvalue weighted by Gasteiger charge is -2.09. The third-order valence-corrected chi connectivity index (χ3v) is 4.46. The molecule has 0 spiro atoms. The monoisotopic (exact) mass is 401 g/mol. The maximum absolute atomic E-state index is 12.4. The summed E-state index contributed by atoms with van der Waals surface area (Å²) in [5.41, 5.74) is 2.73. The fourth-order valence-corrected chi connectivity index (χ4v) is 2.89. The van der Waals surface area contributed by atoms with Crippen molar-refractivity contribution in [1.29, 1.82) is 0 Å². The summed E-state index contributed by atoms with van der Waals surface area (Å²) < 4.78 is 15.4. The molecule has 1 N–H and O–H groups in total. The Morgan fingerprint density at radius 1 is 1.00 bits per heavy atom. The minimum absolute atomic E-state index is 0.226. The largest absolute Gasteiger partial charge is 0.482 e. The highest BCUT2D eigenvalue weighted by Gasteiger charge is 2.23. The van der Waals surface area contributed by atoms with Gasteiger partial charge in [0.05, 0.1) is 17.9 Å². The molecular weight excluding hydrogens is 374 g/mol. The summed E-state index contributed by atoms with van der Waals surface area (Å²) in [4.78, 5) is 39.2. The third kappa shape index (κ3) is 5.70. The summed E-state index contributed by atoms with van der Waals surface area (Å²) in [6, 6.07) is 7.45. The van der Waals surface area contributed by atoms with Gasteiger partial charge in [-0.15, -0.1) is 0 Å². The molecule has 0 saturated heterocycles. The van der Waals surface area contributed by atoms with Crippen LogP contribution in [0.15, 0.2) is 24.3 Å². The van der Waals surface area contributed by atoms with E-state index in [4.69, 9.17) is 14.2 Å². The Labute approximate surface area is 170 Å². The zero-order valence-corrected chi connectivity index (χ0v) is 17.5. The lowest BCUT2D eigenvalue weighted by atomic mass is 10.0. The standard InChI is InChI=1S/C22H27NO6/c1-6-27-22(26)20-14(4)21(23-15(20)5)18(24)11-29-19(25)12-28-17-9-7-16(8-10-17)13(2)3/h7-10,13,23H,6,11-12H2,1-5H3. The number of aryl methyl sites for hydroxylation is 1. The first-order valence-corrected chi connectivity index (χ1v) is 9.52. The molecule has 1 aromatic heterocycles. The summed E-state index contributed by atoms with van der Waals surface area (Å²) in [6.45, 7) is 8.71. The predicted octanol–water partition coefficient (Wildman–Crippen LogP) is 3.74. The Hall–Kier alpha value is -3.09. The summed E-state index contributed by atoms with van der Waals surface area (Å²) in [5, 5.41) is 0. The summed E-state index contributed by atoms with van der Waals surface area (Å²) in [5.74, 6) is -0.627. The molecule has 0 bridgehead atoms. The molecule has 156 valence electrons. The predicted molar refractivity (Wildman–Crippen MR) is 108 cm³/mol. The minimum atomic E-state index is -0.655. The van der Waals surface area contributed by atoms with E-state index in [2.05, 4.69) is 18.8 Å². The highest BCUT2D eigenvalue weighted by atomic mass is 16.6. The number of ether oxygens (including phenoxy) is 3. The van der Waals surface area contributed by atoms with Crippen LogP contribution in [-0.2, 0) is 14.3 Å². The van der Waals surface area contributed by atoms with Crippen molar-refractivity contribution in [3.63, 3.8) is 0 Å². The van der Waals surface area contributed by atoms with Gasteiger partial charge in [0.1, 0.15) is 5.75 Å². The minimum Gasteiger partial charge on any atom is -0.482 e. The number of nitrogens with one attached hydrogen (secondary N) is 1. The molecule has 0 atom stereocenters. The second-order valence-corrected chi connectivity index (χ2v) is 6.94. The van der Waals surface area contributed by atoms with E-state index in [1.54, 1.807) is 32.9 Å². The number of Topliss-reactive ketones (excluding diaryl/α,β-unsaturated/α-hetero) is 1. The SMILES string of the molecule is CCOC(=O)c1c(C)[nH]c(C(=O)COC(=O)COc2ccc(C(C)C)cc2)c1C. The fraction of sp³-hybridized carbons (Fsp3) is 0.409. The molecule has 7 nitrogen and oxygen atoms in total. The van der Waals surface area contributed by atoms with E-state index in [1.807, 2.05) is 12.1 Å². The second-order valence-electron chi connectivity index (χ2n) is 6.94. The Kier molecular flexibility index (Phi) is 7.59. The van der Waals surface area contributed by atoms with E-state index in [0.29, 0.717) is 28.5 Å². The summed E-state index contributed by atoms with van der Waals surface area (Å²) in [7, 11) is 0. The Bertz CT molecular complexity index is 879. The summed E-state index contributed by atoms with van der Waals surface area (Å²) in [6.07, 6.45) is 0. The first-order chi connectivity index (χ1) is 13.7. The van der Waals surface area contributed by atoms with Crippen molar-refractivity contribution in [3.8, 4) is 5.75 Å². The van der Waals surface area contributed by atoms with Gasteiger partial charge in [-0.2, -0.15) is 0 Å². The van der Waals surface area contributed by atoms with Gasteiger partial charge in [-0.25, -0.2) is 9.59 Å². The second kappa shape index (κ2) is 9.91. The first-order valence-electron chi connectivity index (χ1n) is 9.52. The maximum Gasteiger partial charge on any atom is 0.344 e. The first kappa shape index (κ1) is 22.2. The molecule has 0 saturated carbocycles. The highest BCUT2D eigenvalue weighted by molar-refractivity contribution is 6.02. The van der Waals surface area contributed by atoms with Crippen molar-refractivity contribution in [2.24, 2.45) is 0 Å². The van der Waals surface area contributed by atoms with Gasteiger partial charge < -0.3 is 19.2 Å². The van der Waals surface area contributed by atoms with Crippen LogP contribution in [0, 0.1) is 13.8 Å². The third-order valence-electron chi connectivity index (χ3n) is 4.46. The molecule has 0 radical (unpaired) electrons. The van der Waals surface area contributed by atoms with E-state index in [9.17, 15) is 14.4 Å². The number of carbonyl (C=O) groups excluding carboxylic acids is 3. The smallest absolute Gasteiger partial charge is 0.344 e. The highest BCUT2D eigenvalue weighted by Crippen LogP contribution is 2.20. The van der Waals surface area contributed by atoms with Crippen LogP contribution in [0.4, 0.5) is 0 Å². The van der Waals surface area contributed by atoms with Crippen molar-refractivity contribution >= 4 is 17.7 Å². The number of hydrogen-bond donors (Lipinski definition) is 1. The molecule has 1 aromatic carbocycles. The molecule has 0 unspecified atom stereocenters. The molecule has 0 fully saturated rings. The van der Waals surface area contributed by atoms with Gasteiger partial charge >= 0.3 is 11.9 Å². The van der Waals surface area contributed by atoms with Gasteiger partial charge in [0, 0.05) is 5.69 Å². The van der Waals surface area contributed by atoms with Crippen LogP contribution in [0.2, 0.25) is 0 Å². The van der Waals surface area contributed by atoms with Crippen LogP contribution >= 0.6 is 0 Å². The molecular formula is C22H27NO6. The number of ketones is 1. The molecule has 2 aromatic rings. The van der Waals surface area contributed by atoms with E-state index in [0.717, 1.165) is 0 Å². The van der Waals surface area contributed by atoms with Gasteiger partial charge in [-0.05, 0) is 49.9 Å². The Balaban J connectivity index is 1.89. The molecule has 2 rings (SSSR count). The number of esters is 2. The lowest BCUT2D eigenvalue weighted by Crippen LogP contribution is -2.20. The van der Waals surface area contributed by atoms with Crippen LogP contribution in [0.3, 0.4) is 0 Å². The normalized spacial score (nSPS) is 10.7. The van der Waals surface area contributed by atoms with Crippen LogP contribution < -0.4 is 4.74 Å². The average molecular weight is 401 g/mol. The van der Waals surface area contributed by atoms with Crippen LogP contribution in [0.25, 0.3) is 0 Å². The quantitative estimate of drug-likeness (QED) is 0.508. The van der Waals surface area contributed by atoms with E-state index in [1.165, 1.54) is 5.56 Å². The van der Waals surface area contributed by atoms with Crippen LogP contribution in [-0.4, -0.2) is 42.5 Å². The molecule has 0 aliphatic carbocycles. The fourth-order valence-electron chi connectivity index (χ4n) is 2.89. The zero-order chi connectivity index (χ0) is 21.6. The van der Waals surface area contributed by atoms with Gasteiger partial charge in [-0.1, -0.05) is 26.0 Å². The molecule has 0 aliphatic heterocycles. The average Bonchev–Trinajstić information content (AvgIpc) is 2.99. The number of benzene rings is 1. The van der Waals surface area contributed by atoms with Crippen molar-refractivity contribution in [3.05, 3.63) is 52.3 Å². The topological polar surface area (TPSA) is 94.7 Å². The van der Waals surface area contributed by atoms with Crippen molar-refractivity contribution < 1.29 is 28.6 Å². The maximum atomic E-state index is 12.4. The Morgan fingerprint density at radius 3 is 2.24 bits per heavy atom. The van der Waals surface area contributed by atoms with Crippen LogP contribution in [0.1, 0.15) is 64.4 Å². The van der Waals surface area contributed by atoms with Gasteiger partial charge in [0.25, 0.3) is 0 Å². The van der Waals surface area contributed by atoms with E-state index < -0.39 is 24.3 Å². The van der Waals surface area contributed by atoms with E-state index >= 15 is 0 Å². The molecule has 29 heavy (non-hydrogen) atoms. The number of H-pyrrole nitrogens is 1. The number of aromatic amines is 1. The zero-order valence-electron chi connectivity index (χ0n) is 17.5. The molecule has 1 heterocycles. The number of carbonyl (C=O) groups is 3. The van der Waals surface area contributed by atoms with Crippen molar-refractivity contribution in [2.75, 3.05) is 19.8 Å². The molecule has 0 amide bonds. The van der Waals surface area contributed by atoms with Crippen molar-refractivity contribution in [2.45, 2.75) is 40.5 Å². The van der Waals surface area contributed by atoms with Crippen molar-refractivity contribution in [1.82, 2.24) is 4.98 Å². The van der Waals surface area contributed by atoms with Gasteiger partial charge in [-0.3, -0.25) is 4.79 Å². The van der Waals surface area contributed by atoms with E-state index in [-0.39, 0.29) is 18.9 Å². The van der Waals surface area contributed by atoms with Gasteiger partial charge in [0.15, 0.2) is 13.2 Å². The Morgan fingerprint density at radius 2 is 1.66 bits per heavy atom. The number of aromatic nitrogens is 1. The van der Waals surface area contributed by atoms with Gasteiger partial charge in [0.2, 0.25) is 5.78 Å². The molecule has 7 heteroatoms. The number of rotatable bonds is 9. The van der Waals surface area contributed by atoms with Crippen LogP contribution in [0.5, 0.6) is 5.75 Å². The molecule has 0 aliphatic rings. The number of hydrogen-bond acceptors (Lipinski definition) is 6. The lowest BCUT2D eigenvalue weighted by molar-refractivity contribution is -0.144.